The number of carbonyl (C=O) groups excluding carboxylic acids is 1. The van der Waals surface area contributed by atoms with Crippen LogP contribution in [-0.2, 0) is 11.2 Å². The van der Waals surface area contributed by atoms with Crippen molar-refractivity contribution in [3.05, 3.63) is 23.8 Å². The number of carbonyl (C=O) groups is 1. The fourth-order valence-electron chi connectivity index (χ4n) is 3.48. The van der Waals surface area contributed by atoms with Gasteiger partial charge in [-0.2, -0.15) is 0 Å². The van der Waals surface area contributed by atoms with Gasteiger partial charge in [-0.15, -0.1) is 0 Å². The van der Waals surface area contributed by atoms with Gasteiger partial charge < -0.3 is 19.7 Å². The Hall–Kier alpha value is -1.79. The smallest absolute Gasteiger partial charge is 0.226 e. The summed E-state index contributed by atoms with van der Waals surface area (Å²) in [4.78, 5) is 17.3. The summed E-state index contributed by atoms with van der Waals surface area (Å²) >= 11 is 0. The number of amides is 1. The van der Waals surface area contributed by atoms with Crippen LogP contribution in [0.2, 0.25) is 0 Å². The number of methoxy groups -OCH3 is 1. The molecule has 25 heavy (non-hydrogen) atoms. The van der Waals surface area contributed by atoms with E-state index in [4.69, 9.17) is 9.47 Å². The summed E-state index contributed by atoms with van der Waals surface area (Å²) in [7, 11) is 1.65. The highest BCUT2D eigenvalue weighted by Crippen LogP contribution is 2.30. The summed E-state index contributed by atoms with van der Waals surface area (Å²) in [6, 6.07) is 5.76. The van der Waals surface area contributed by atoms with Crippen molar-refractivity contribution >= 4 is 5.91 Å². The third-order valence-corrected chi connectivity index (χ3v) is 5.18. The van der Waals surface area contributed by atoms with Crippen molar-refractivity contribution < 1.29 is 14.3 Å². The molecular weight excluding hydrogens is 318 g/mol. The molecule has 0 radical (unpaired) electrons. The molecule has 1 saturated heterocycles. The molecule has 2 aliphatic heterocycles. The zero-order valence-corrected chi connectivity index (χ0v) is 15.3. The van der Waals surface area contributed by atoms with Crippen molar-refractivity contribution in [3.63, 3.8) is 0 Å². The van der Waals surface area contributed by atoms with Gasteiger partial charge in [0, 0.05) is 39.3 Å². The predicted octanol–water partition coefficient (Wildman–Crippen LogP) is 1.00. The van der Waals surface area contributed by atoms with Gasteiger partial charge in [0.05, 0.1) is 13.0 Å². The highest BCUT2D eigenvalue weighted by molar-refractivity contribution is 5.79. The number of rotatable bonds is 6. The van der Waals surface area contributed by atoms with Gasteiger partial charge in [-0.05, 0) is 36.7 Å². The summed E-state index contributed by atoms with van der Waals surface area (Å²) < 4.78 is 11.0. The maximum atomic E-state index is 12.5. The largest absolute Gasteiger partial charge is 0.497 e. The first kappa shape index (κ1) is 18.0. The van der Waals surface area contributed by atoms with Gasteiger partial charge in [-0.1, -0.05) is 6.92 Å². The van der Waals surface area contributed by atoms with Crippen LogP contribution in [0.5, 0.6) is 11.5 Å². The molecule has 3 rings (SSSR count). The first-order valence-corrected chi connectivity index (χ1v) is 9.21. The Bertz CT molecular complexity index is 585. The van der Waals surface area contributed by atoms with Gasteiger partial charge in [0.1, 0.15) is 18.1 Å². The monoisotopic (exact) mass is 347 g/mol. The Morgan fingerprint density at radius 1 is 1.28 bits per heavy atom. The minimum absolute atomic E-state index is 0.0839. The van der Waals surface area contributed by atoms with Crippen LogP contribution in [0.3, 0.4) is 0 Å². The molecule has 2 aliphatic rings. The van der Waals surface area contributed by atoms with Crippen LogP contribution >= 0.6 is 0 Å². The second-order valence-electron chi connectivity index (χ2n) is 6.75. The summed E-state index contributed by atoms with van der Waals surface area (Å²) in [5, 5.41) is 3.08. The molecule has 6 heteroatoms. The summed E-state index contributed by atoms with van der Waals surface area (Å²) in [6.45, 7) is 9.81. The Labute approximate surface area is 150 Å². The molecule has 138 valence electrons. The van der Waals surface area contributed by atoms with E-state index in [9.17, 15) is 4.79 Å². The second kappa shape index (κ2) is 8.54. The van der Waals surface area contributed by atoms with E-state index in [1.54, 1.807) is 7.11 Å². The van der Waals surface area contributed by atoms with Gasteiger partial charge in [0.15, 0.2) is 0 Å². The minimum Gasteiger partial charge on any atom is -0.497 e. The fourth-order valence-corrected chi connectivity index (χ4v) is 3.48. The van der Waals surface area contributed by atoms with Crippen molar-refractivity contribution in [2.24, 2.45) is 5.92 Å². The highest BCUT2D eigenvalue weighted by Gasteiger charge is 2.26. The van der Waals surface area contributed by atoms with E-state index in [1.165, 1.54) is 0 Å². The third kappa shape index (κ3) is 4.64. The number of nitrogens with one attached hydrogen (secondary N) is 1. The van der Waals surface area contributed by atoms with E-state index in [2.05, 4.69) is 22.0 Å². The zero-order chi connectivity index (χ0) is 17.6. The number of likely N-dealkylation sites (N-methyl/N-ethyl adjacent to an activating group) is 1. The first-order chi connectivity index (χ1) is 12.2. The van der Waals surface area contributed by atoms with Crippen molar-refractivity contribution in [3.8, 4) is 11.5 Å². The fraction of sp³-hybridized carbons (Fsp3) is 0.632. The molecule has 1 atom stereocenters. The number of ether oxygens (including phenoxy) is 2. The van der Waals surface area contributed by atoms with Crippen LogP contribution in [0.15, 0.2) is 18.2 Å². The van der Waals surface area contributed by atoms with Crippen LogP contribution in [0.4, 0.5) is 0 Å². The van der Waals surface area contributed by atoms with Crippen molar-refractivity contribution in [2.45, 2.75) is 13.3 Å². The average molecular weight is 347 g/mol. The maximum Gasteiger partial charge on any atom is 0.226 e. The zero-order valence-electron chi connectivity index (χ0n) is 15.3. The number of hydrogen-bond donors (Lipinski definition) is 1. The Morgan fingerprint density at radius 3 is 2.76 bits per heavy atom. The molecule has 0 aliphatic carbocycles. The Balaban J connectivity index is 1.43. The molecule has 0 aromatic heterocycles. The van der Waals surface area contributed by atoms with Crippen LogP contribution in [0, 0.1) is 5.92 Å². The number of piperazine rings is 1. The topological polar surface area (TPSA) is 54.0 Å². The maximum absolute atomic E-state index is 12.5. The first-order valence-electron chi connectivity index (χ1n) is 9.21. The Morgan fingerprint density at radius 2 is 2.04 bits per heavy atom. The molecule has 2 heterocycles. The van der Waals surface area contributed by atoms with Gasteiger partial charge in [-0.3, -0.25) is 9.69 Å². The minimum atomic E-state index is -0.128. The number of benzene rings is 1. The molecular formula is C19H29N3O3. The molecule has 0 saturated carbocycles. The summed E-state index contributed by atoms with van der Waals surface area (Å²) in [5.74, 6) is 1.62. The molecule has 0 spiro atoms. The molecule has 1 aromatic rings. The summed E-state index contributed by atoms with van der Waals surface area (Å²) in [5.41, 5.74) is 1.04. The number of nitrogens with zero attached hydrogens (tertiary/aromatic N) is 2. The standard InChI is InChI=1S/C19H29N3O3/c1-3-21-8-10-22(11-9-21)7-6-20-19(23)16-12-15-13-17(24-2)4-5-18(15)25-14-16/h4-5,13,16H,3,6-12,14H2,1-2H3,(H,20,23). The molecule has 1 unspecified atom stereocenters. The normalized spacial score (nSPS) is 21.3. The number of hydrogen-bond acceptors (Lipinski definition) is 5. The van der Waals surface area contributed by atoms with E-state index < -0.39 is 0 Å². The van der Waals surface area contributed by atoms with Crippen LogP contribution in [0.25, 0.3) is 0 Å². The lowest BCUT2D eigenvalue weighted by Crippen LogP contribution is -2.48. The molecule has 1 amide bonds. The Kier molecular flexibility index (Phi) is 6.15. The molecule has 0 bridgehead atoms. The third-order valence-electron chi connectivity index (χ3n) is 5.18. The van der Waals surface area contributed by atoms with Gasteiger partial charge in [0.2, 0.25) is 5.91 Å². The number of fused-ring (bicyclic) bond motifs is 1. The molecule has 1 fully saturated rings. The van der Waals surface area contributed by atoms with E-state index in [0.717, 1.165) is 56.3 Å². The quantitative estimate of drug-likeness (QED) is 0.832. The van der Waals surface area contributed by atoms with E-state index in [1.807, 2.05) is 18.2 Å². The molecule has 1 aromatic carbocycles. The van der Waals surface area contributed by atoms with Crippen molar-refractivity contribution in [1.29, 1.82) is 0 Å². The van der Waals surface area contributed by atoms with Crippen LogP contribution in [0.1, 0.15) is 12.5 Å². The second-order valence-corrected chi connectivity index (χ2v) is 6.75. The average Bonchev–Trinajstić information content (AvgIpc) is 2.67. The van der Waals surface area contributed by atoms with E-state index in [0.29, 0.717) is 19.6 Å². The SMILES string of the molecule is CCN1CCN(CCNC(=O)C2COc3ccc(OC)cc3C2)CC1. The van der Waals surface area contributed by atoms with Crippen molar-refractivity contribution in [1.82, 2.24) is 15.1 Å². The predicted molar refractivity (Wildman–Crippen MR) is 97.2 cm³/mol. The molecule has 6 nitrogen and oxygen atoms in total. The van der Waals surface area contributed by atoms with Crippen LogP contribution < -0.4 is 14.8 Å². The highest BCUT2D eigenvalue weighted by atomic mass is 16.5. The van der Waals surface area contributed by atoms with Crippen molar-refractivity contribution in [2.75, 3.05) is 59.5 Å². The van der Waals surface area contributed by atoms with E-state index >= 15 is 0 Å². The van der Waals surface area contributed by atoms with E-state index in [-0.39, 0.29) is 11.8 Å². The van der Waals surface area contributed by atoms with Gasteiger partial charge in [-0.25, -0.2) is 0 Å². The lowest BCUT2D eigenvalue weighted by Gasteiger charge is -2.34. The van der Waals surface area contributed by atoms with Crippen LogP contribution in [-0.4, -0.2) is 75.2 Å². The molecule has 1 N–H and O–H groups in total. The van der Waals surface area contributed by atoms with Gasteiger partial charge in [0.25, 0.3) is 0 Å². The summed E-state index contributed by atoms with van der Waals surface area (Å²) in [6.07, 6.45) is 0.702. The van der Waals surface area contributed by atoms with Gasteiger partial charge >= 0.3 is 0 Å². The lowest BCUT2D eigenvalue weighted by molar-refractivity contribution is -0.126. The lowest BCUT2D eigenvalue weighted by atomic mass is 9.96.